The number of urea groups is 1. The molecule has 1 aromatic carbocycles. The van der Waals surface area contributed by atoms with Gasteiger partial charge in [0, 0.05) is 39.2 Å². The fourth-order valence-electron chi connectivity index (χ4n) is 5.52. The predicted octanol–water partition coefficient (Wildman–Crippen LogP) is 5.69. The maximum atomic E-state index is 15.7. The van der Waals surface area contributed by atoms with Crippen LogP contribution in [-0.2, 0) is 12.5 Å². The van der Waals surface area contributed by atoms with Gasteiger partial charge in [0.1, 0.15) is 34.9 Å². The normalized spacial score (nSPS) is 16.9. The minimum atomic E-state index is -3.15. The number of hydrogen-bond donors (Lipinski definition) is 0. The molecule has 14 heteroatoms. The zero-order chi connectivity index (χ0) is 30.9. The Morgan fingerprint density at radius 1 is 1.07 bits per heavy atom. The highest BCUT2D eigenvalue weighted by atomic mass is 19.3. The van der Waals surface area contributed by atoms with Crippen LogP contribution in [0.4, 0.5) is 29.5 Å². The molecule has 2 aliphatic carbocycles. The smallest absolute Gasteiger partial charge is 0.342 e. The molecule has 0 unspecified atom stereocenters. The number of nitrogens with zero attached hydrogens (tertiary/aromatic N) is 9. The lowest BCUT2D eigenvalue weighted by Crippen LogP contribution is -2.53. The molecule has 3 aliphatic rings. The summed E-state index contributed by atoms with van der Waals surface area (Å²) >= 11 is 0. The van der Waals surface area contributed by atoms with E-state index in [4.69, 9.17) is 9.72 Å². The zero-order valence-corrected chi connectivity index (χ0v) is 24.6. The number of halogens is 3. The van der Waals surface area contributed by atoms with E-state index in [1.54, 1.807) is 42.0 Å². The van der Waals surface area contributed by atoms with E-state index in [0.29, 0.717) is 34.3 Å². The number of hydrogen-bond acceptors (Lipinski definition) is 8. The van der Waals surface area contributed by atoms with Gasteiger partial charge < -0.3 is 9.30 Å². The average molecular weight is 606 g/mol. The lowest BCUT2D eigenvalue weighted by Gasteiger charge is -2.41. The molecule has 2 fully saturated rings. The van der Waals surface area contributed by atoms with Crippen molar-refractivity contribution >= 4 is 17.5 Å². The third-order valence-electron chi connectivity index (χ3n) is 8.23. The standard InChI is InChI=1S/C30H30F3N9O2/c1-30(32,33)22-14-41(18-8-9-18)26(37-22)19-10-5-16(11-20(19)31)13-42-27-21(39(2)29(43)40(42)3)12-34-25(38-27)23-24(17-6-7-17)35-15-36-28(23)44-4/h5,10-12,14-15,17-18H,6-9,13H2,1-4H3. The molecule has 0 radical (unpaired) electrons. The summed E-state index contributed by atoms with van der Waals surface area (Å²) in [5, 5.41) is 3.05. The van der Waals surface area contributed by atoms with Crippen molar-refractivity contribution in [3.8, 4) is 28.7 Å². The number of rotatable bonds is 8. The third kappa shape index (κ3) is 4.77. The maximum absolute atomic E-state index is 15.7. The fraction of sp³-hybridized carbons (Fsp3) is 0.400. The Hall–Kier alpha value is -4.75. The summed E-state index contributed by atoms with van der Waals surface area (Å²) in [6.45, 7) is 0.869. The number of amides is 2. The van der Waals surface area contributed by atoms with Gasteiger partial charge >= 0.3 is 6.03 Å². The van der Waals surface area contributed by atoms with E-state index in [1.165, 1.54) is 35.6 Å². The van der Waals surface area contributed by atoms with Crippen LogP contribution in [0.2, 0.25) is 0 Å². The van der Waals surface area contributed by atoms with E-state index in [0.717, 1.165) is 38.3 Å². The highest BCUT2D eigenvalue weighted by Crippen LogP contribution is 2.46. The number of aromatic nitrogens is 6. The molecule has 0 atom stereocenters. The molecule has 0 bridgehead atoms. The van der Waals surface area contributed by atoms with Crippen molar-refractivity contribution < 1.29 is 22.7 Å². The first kappa shape index (κ1) is 28.0. The third-order valence-corrected chi connectivity index (χ3v) is 8.23. The number of methoxy groups -OCH3 is 1. The van der Waals surface area contributed by atoms with Crippen LogP contribution in [0.5, 0.6) is 5.88 Å². The topological polar surface area (TPSA) is 105 Å². The van der Waals surface area contributed by atoms with Crippen molar-refractivity contribution in [2.75, 3.05) is 31.1 Å². The van der Waals surface area contributed by atoms with E-state index in [-0.39, 0.29) is 35.9 Å². The number of carbonyl (C=O) groups is 1. The average Bonchev–Trinajstić information content (AvgIpc) is 3.95. The van der Waals surface area contributed by atoms with Gasteiger partial charge in [0.2, 0.25) is 5.88 Å². The molecule has 4 heterocycles. The van der Waals surface area contributed by atoms with E-state index in [2.05, 4.69) is 19.9 Å². The van der Waals surface area contributed by atoms with Crippen molar-refractivity contribution in [2.24, 2.45) is 0 Å². The lowest BCUT2D eigenvalue weighted by atomic mass is 10.1. The molecule has 2 saturated carbocycles. The Bertz CT molecular complexity index is 1780. The van der Waals surface area contributed by atoms with Crippen molar-refractivity contribution in [1.29, 1.82) is 0 Å². The van der Waals surface area contributed by atoms with Crippen LogP contribution < -0.4 is 14.6 Å². The SMILES string of the molecule is COc1ncnc(C2CC2)c1-c1ncc2c(n1)N(Cc1ccc(-c3nc(C(C)(F)F)cn3C3CC3)c(F)c1)N(C)C(=O)N2C. The van der Waals surface area contributed by atoms with E-state index in [1.807, 2.05) is 0 Å². The summed E-state index contributed by atoms with van der Waals surface area (Å²) in [5.74, 6) is -2.18. The van der Waals surface area contributed by atoms with Crippen LogP contribution in [0, 0.1) is 5.82 Å². The van der Waals surface area contributed by atoms with Gasteiger partial charge in [0.05, 0.1) is 31.1 Å². The largest absolute Gasteiger partial charge is 0.480 e. The number of imidazole rings is 1. The quantitative estimate of drug-likeness (QED) is 0.252. The highest BCUT2D eigenvalue weighted by molar-refractivity contribution is 5.98. The van der Waals surface area contributed by atoms with Crippen LogP contribution in [0.25, 0.3) is 22.8 Å². The Kier molecular flexibility index (Phi) is 6.48. The summed E-state index contributed by atoms with van der Waals surface area (Å²) in [4.78, 5) is 36.9. The first-order valence-corrected chi connectivity index (χ1v) is 14.4. The Balaban J connectivity index is 1.26. The number of anilines is 2. The molecule has 228 valence electrons. The second kappa shape index (κ2) is 10.2. The molecule has 0 saturated heterocycles. The summed E-state index contributed by atoms with van der Waals surface area (Å²) < 4.78 is 51.1. The Morgan fingerprint density at radius 3 is 2.50 bits per heavy atom. The van der Waals surface area contributed by atoms with Crippen LogP contribution >= 0.6 is 0 Å². The first-order chi connectivity index (χ1) is 21.0. The molecule has 44 heavy (non-hydrogen) atoms. The van der Waals surface area contributed by atoms with Gasteiger partial charge in [-0.05, 0) is 43.4 Å². The summed E-state index contributed by atoms with van der Waals surface area (Å²) in [7, 11) is 4.76. The maximum Gasteiger partial charge on any atom is 0.342 e. The van der Waals surface area contributed by atoms with Crippen molar-refractivity contribution in [3.05, 3.63) is 59.7 Å². The van der Waals surface area contributed by atoms with E-state index in [9.17, 15) is 13.6 Å². The molecule has 0 spiro atoms. The van der Waals surface area contributed by atoms with E-state index >= 15 is 4.39 Å². The summed E-state index contributed by atoms with van der Waals surface area (Å²) in [5.41, 5.74) is 2.15. The molecule has 1 aliphatic heterocycles. The van der Waals surface area contributed by atoms with Crippen LogP contribution in [0.1, 0.15) is 61.5 Å². The Morgan fingerprint density at radius 2 is 1.84 bits per heavy atom. The van der Waals surface area contributed by atoms with Crippen molar-refractivity contribution in [1.82, 2.24) is 34.5 Å². The molecule has 7 rings (SSSR count). The van der Waals surface area contributed by atoms with Gasteiger partial charge in [0.15, 0.2) is 11.6 Å². The summed E-state index contributed by atoms with van der Waals surface area (Å²) in [6, 6.07) is 4.28. The predicted molar refractivity (Wildman–Crippen MR) is 155 cm³/mol. The fourth-order valence-corrected chi connectivity index (χ4v) is 5.52. The minimum absolute atomic E-state index is 0.0251. The molecule has 11 nitrogen and oxygen atoms in total. The number of alkyl halides is 2. The van der Waals surface area contributed by atoms with Gasteiger partial charge in [-0.2, -0.15) is 8.78 Å². The van der Waals surface area contributed by atoms with Gasteiger partial charge in [-0.15, -0.1) is 0 Å². The van der Waals surface area contributed by atoms with Crippen molar-refractivity contribution in [2.45, 2.75) is 57.0 Å². The van der Waals surface area contributed by atoms with Crippen LogP contribution in [0.15, 0.2) is 36.9 Å². The molecule has 3 aromatic heterocycles. The van der Waals surface area contributed by atoms with E-state index < -0.39 is 17.4 Å². The number of ether oxygens (including phenoxy) is 1. The lowest BCUT2D eigenvalue weighted by molar-refractivity contribution is 0.0131. The molecule has 2 amide bonds. The van der Waals surface area contributed by atoms with Gasteiger partial charge in [0.25, 0.3) is 5.92 Å². The Labute approximate surface area is 251 Å². The van der Waals surface area contributed by atoms with Gasteiger partial charge in [-0.25, -0.2) is 39.1 Å². The van der Waals surface area contributed by atoms with Gasteiger partial charge in [-0.3, -0.25) is 9.91 Å². The van der Waals surface area contributed by atoms with Crippen molar-refractivity contribution in [3.63, 3.8) is 0 Å². The molecule has 0 N–H and O–H groups in total. The highest BCUT2D eigenvalue weighted by Gasteiger charge is 2.37. The molecular formula is C30H30F3N9O2. The summed E-state index contributed by atoms with van der Waals surface area (Å²) in [6.07, 6.45) is 8.00. The van der Waals surface area contributed by atoms with Crippen LogP contribution in [0.3, 0.4) is 0 Å². The number of fused-ring (bicyclic) bond motifs is 1. The number of benzene rings is 1. The van der Waals surface area contributed by atoms with Gasteiger partial charge in [-0.1, -0.05) is 6.07 Å². The second-order valence-electron chi connectivity index (χ2n) is 11.5. The number of hydrazine groups is 1. The first-order valence-electron chi connectivity index (χ1n) is 14.4. The molecular weight excluding hydrogens is 575 g/mol. The molecule has 4 aromatic rings. The van der Waals surface area contributed by atoms with Crippen LogP contribution in [-0.4, -0.2) is 61.7 Å². The number of carbonyl (C=O) groups excluding carboxylic acids is 1. The second-order valence-corrected chi connectivity index (χ2v) is 11.5. The minimum Gasteiger partial charge on any atom is -0.480 e. The monoisotopic (exact) mass is 605 g/mol. The zero-order valence-electron chi connectivity index (χ0n) is 24.6.